The molecule has 1 heterocycles. The predicted molar refractivity (Wildman–Crippen MR) is 78.9 cm³/mol. The summed E-state index contributed by atoms with van der Waals surface area (Å²) in [6.45, 7) is 8.62. The lowest BCUT2D eigenvalue weighted by atomic mass is 9.81. The number of hydrogen-bond acceptors (Lipinski definition) is 2. The number of carbonyl (C=O) groups excluding carboxylic acids is 1. The van der Waals surface area contributed by atoms with Gasteiger partial charge in [-0.2, -0.15) is 0 Å². The molecule has 0 aromatic carbocycles. The Bertz CT molecular complexity index is 310. The lowest BCUT2D eigenvalue weighted by Gasteiger charge is -2.30. The van der Waals surface area contributed by atoms with Gasteiger partial charge in [-0.25, -0.2) is 0 Å². The molecular formula is C16H30N2O. The van der Waals surface area contributed by atoms with Gasteiger partial charge in [-0.3, -0.25) is 4.79 Å². The van der Waals surface area contributed by atoms with E-state index in [1.807, 2.05) is 0 Å². The van der Waals surface area contributed by atoms with Crippen molar-refractivity contribution in [3.05, 3.63) is 0 Å². The van der Waals surface area contributed by atoms with Crippen molar-refractivity contribution in [2.75, 3.05) is 13.1 Å². The van der Waals surface area contributed by atoms with Crippen molar-refractivity contribution in [1.29, 1.82) is 0 Å². The van der Waals surface area contributed by atoms with E-state index < -0.39 is 0 Å². The molecular weight excluding hydrogens is 236 g/mol. The van der Waals surface area contributed by atoms with E-state index in [1.165, 1.54) is 19.3 Å². The third kappa shape index (κ3) is 2.96. The van der Waals surface area contributed by atoms with E-state index in [1.54, 1.807) is 0 Å². The minimum Gasteiger partial charge on any atom is -0.353 e. The molecule has 2 aliphatic rings. The highest BCUT2D eigenvalue weighted by atomic mass is 16.2. The van der Waals surface area contributed by atoms with Gasteiger partial charge in [0.15, 0.2) is 0 Å². The van der Waals surface area contributed by atoms with E-state index in [0.717, 1.165) is 38.3 Å². The van der Waals surface area contributed by atoms with Crippen LogP contribution in [0.5, 0.6) is 0 Å². The van der Waals surface area contributed by atoms with Crippen molar-refractivity contribution in [2.45, 2.75) is 65.3 Å². The molecule has 3 heteroatoms. The van der Waals surface area contributed by atoms with Crippen LogP contribution in [-0.2, 0) is 4.79 Å². The molecule has 0 spiro atoms. The van der Waals surface area contributed by atoms with Gasteiger partial charge in [0.2, 0.25) is 5.91 Å². The summed E-state index contributed by atoms with van der Waals surface area (Å²) in [6.07, 6.45) is 6.81. The number of amides is 1. The highest BCUT2D eigenvalue weighted by Gasteiger charge is 2.42. The molecule has 2 N–H and O–H groups in total. The van der Waals surface area contributed by atoms with E-state index in [0.29, 0.717) is 17.9 Å². The monoisotopic (exact) mass is 266 g/mol. The Morgan fingerprint density at radius 1 is 1.37 bits per heavy atom. The summed E-state index contributed by atoms with van der Waals surface area (Å²) in [5.74, 6) is 1.75. The van der Waals surface area contributed by atoms with Crippen LogP contribution < -0.4 is 10.6 Å². The summed E-state index contributed by atoms with van der Waals surface area (Å²) in [7, 11) is 0. The Balaban J connectivity index is 1.96. The normalized spacial score (nSPS) is 38.6. The fourth-order valence-electron chi connectivity index (χ4n) is 4.09. The number of carbonyl (C=O) groups is 1. The molecule has 3 nitrogen and oxygen atoms in total. The zero-order valence-electron chi connectivity index (χ0n) is 12.8. The largest absolute Gasteiger partial charge is 0.353 e. The first-order valence-electron chi connectivity index (χ1n) is 8.14. The third-order valence-electron chi connectivity index (χ3n) is 5.52. The average Bonchev–Trinajstić information content (AvgIpc) is 2.99. The van der Waals surface area contributed by atoms with Crippen molar-refractivity contribution in [3.63, 3.8) is 0 Å². The summed E-state index contributed by atoms with van der Waals surface area (Å²) >= 11 is 0. The van der Waals surface area contributed by atoms with Crippen LogP contribution in [0.25, 0.3) is 0 Å². The summed E-state index contributed by atoms with van der Waals surface area (Å²) in [5, 5.41) is 6.76. The molecule has 4 atom stereocenters. The molecule has 4 unspecified atom stereocenters. The van der Waals surface area contributed by atoms with Crippen LogP contribution in [0.15, 0.2) is 0 Å². The number of hydrogen-bond donors (Lipinski definition) is 2. The van der Waals surface area contributed by atoms with Crippen molar-refractivity contribution >= 4 is 5.91 Å². The molecule has 1 amide bonds. The average molecular weight is 266 g/mol. The molecule has 1 saturated heterocycles. The zero-order chi connectivity index (χ0) is 13.9. The third-order valence-corrected chi connectivity index (χ3v) is 5.52. The van der Waals surface area contributed by atoms with E-state index in [-0.39, 0.29) is 5.41 Å². The minimum atomic E-state index is -0.126. The molecule has 2 rings (SSSR count). The Morgan fingerprint density at radius 2 is 2.16 bits per heavy atom. The molecule has 1 saturated carbocycles. The topological polar surface area (TPSA) is 41.1 Å². The standard InChI is InChI=1S/C16H30N2O/c1-4-8-16(9-10-17-11-16)15(19)18-14-7-6-13(5-2)12(14)3/h12-14,17H,4-11H2,1-3H3,(H,18,19). The Hall–Kier alpha value is -0.570. The summed E-state index contributed by atoms with van der Waals surface area (Å²) in [4.78, 5) is 12.7. The SMILES string of the molecule is CCCC1(C(=O)NC2CCC(CC)C2C)CCNC1. The van der Waals surface area contributed by atoms with Crippen molar-refractivity contribution in [3.8, 4) is 0 Å². The quantitative estimate of drug-likeness (QED) is 0.803. The predicted octanol–water partition coefficient (Wildman–Crippen LogP) is 2.71. The van der Waals surface area contributed by atoms with Gasteiger partial charge in [0.1, 0.15) is 0 Å². The van der Waals surface area contributed by atoms with Crippen LogP contribution in [-0.4, -0.2) is 25.0 Å². The Morgan fingerprint density at radius 3 is 2.68 bits per heavy atom. The van der Waals surface area contributed by atoms with Gasteiger partial charge in [0.05, 0.1) is 5.41 Å². The fourth-order valence-corrected chi connectivity index (χ4v) is 4.09. The van der Waals surface area contributed by atoms with Gasteiger partial charge in [-0.05, 0) is 44.1 Å². The van der Waals surface area contributed by atoms with Crippen molar-refractivity contribution in [1.82, 2.24) is 10.6 Å². The second kappa shape index (κ2) is 6.25. The lowest BCUT2D eigenvalue weighted by molar-refractivity contribution is -0.131. The second-order valence-corrected chi connectivity index (χ2v) is 6.64. The highest BCUT2D eigenvalue weighted by molar-refractivity contribution is 5.83. The van der Waals surface area contributed by atoms with Crippen LogP contribution in [0.2, 0.25) is 0 Å². The van der Waals surface area contributed by atoms with E-state index in [2.05, 4.69) is 31.4 Å². The van der Waals surface area contributed by atoms with E-state index >= 15 is 0 Å². The smallest absolute Gasteiger partial charge is 0.227 e. The zero-order valence-corrected chi connectivity index (χ0v) is 12.8. The number of nitrogens with one attached hydrogen (secondary N) is 2. The van der Waals surface area contributed by atoms with Crippen molar-refractivity contribution in [2.24, 2.45) is 17.3 Å². The first-order chi connectivity index (χ1) is 9.13. The number of rotatable bonds is 5. The van der Waals surface area contributed by atoms with Gasteiger partial charge < -0.3 is 10.6 Å². The maximum absolute atomic E-state index is 12.7. The molecule has 1 aliphatic carbocycles. The summed E-state index contributed by atoms with van der Waals surface area (Å²) < 4.78 is 0. The van der Waals surface area contributed by atoms with Gasteiger partial charge in [-0.15, -0.1) is 0 Å². The first kappa shape index (κ1) is 14.8. The lowest BCUT2D eigenvalue weighted by Crippen LogP contribution is -2.47. The molecule has 0 aromatic heterocycles. The molecule has 0 aromatic rings. The molecule has 0 bridgehead atoms. The molecule has 19 heavy (non-hydrogen) atoms. The summed E-state index contributed by atoms with van der Waals surface area (Å²) in [6, 6.07) is 0.409. The maximum atomic E-state index is 12.7. The van der Waals surface area contributed by atoms with Crippen LogP contribution in [0, 0.1) is 17.3 Å². The van der Waals surface area contributed by atoms with Crippen LogP contribution >= 0.6 is 0 Å². The molecule has 110 valence electrons. The van der Waals surface area contributed by atoms with E-state index in [9.17, 15) is 4.79 Å². The van der Waals surface area contributed by atoms with Gasteiger partial charge in [0.25, 0.3) is 0 Å². The van der Waals surface area contributed by atoms with Gasteiger partial charge >= 0.3 is 0 Å². The maximum Gasteiger partial charge on any atom is 0.227 e. The molecule has 1 aliphatic heterocycles. The highest BCUT2D eigenvalue weighted by Crippen LogP contribution is 2.36. The molecule has 2 fully saturated rings. The van der Waals surface area contributed by atoms with Gasteiger partial charge in [0, 0.05) is 12.6 Å². The first-order valence-corrected chi connectivity index (χ1v) is 8.14. The van der Waals surface area contributed by atoms with Crippen LogP contribution in [0.4, 0.5) is 0 Å². The van der Waals surface area contributed by atoms with E-state index in [4.69, 9.17) is 0 Å². The summed E-state index contributed by atoms with van der Waals surface area (Å²) in [5.41, 5.74) is -0.126. The molecule has 0 radical (unpaired) electrons. The van der Waals surface area contributed by atoms with Gasteiger partial charge in [-0.1, -0.05) is 33.6 Å². The second-order valence-electron chi connectivity index (χ2n) is 6.64. The van der Waals surface area contributed by atoms with Crippen LogP contribution in [0.1, 0.15) is 59.3 Å². The Labute approximate surface area is 117 Å². The van der Waals surface area contributed by atoms with Crippen LogP contribution in [0.3, 0.4) is 0 Å². The fraction of sp³-hybridized carbons (Fsp3) is 0.938. The van der Waals surface area contributed by atoms with Crippen molar-refractivity contribution < 1.29 is 4.79 Å². The minimum absolute atomic E-state index is 0.126. The Kier molecular flexibility index (Phi) is 4.88.